The predicted molar refractivity (Wildman–Crippen MR) is 286 cm³/mol. The number of carbonyl (C=O) groups excluding carboxylic acids is 1. The molecule has 0 fully saturated rings. The molecule has 0 saturated carbocycles. The van der Waals surface area contributed by atoms with Crippen LogP contribution in [0.4, 0.5) is 0 Å². The first-order valence-electron chi connectivity index (χ1n) is 28.4. The number of nitrogens with one attached hydrogen (secondary N) is 1. The van der Waals surface area contributed by atoms with Gasteiger partial charge >= 0.3 is 7.82 Å². The number of aliphatic hydroxyl groups is 1. The number of phosphoric acid groups is 1. The van der Waals surface area contributed by atoms with Crippen LogP contribution in [0.2, 0.25) is 0 Å². The Kier molecular flexibility index (Phi) is 47.8. The molecule has 0 spiro atoms. The van der Waals surface area contributed by atoms with Crippen LogP contribution in [0, 0.1) is 0 Å². The van der Waals surface area contributed by atoms with E-state index in [2.05, 4.69) is 43.5 Å². The summed E-state index contributed by atoms with van der Waals surface area (Å²) >= 11 is 0. The van der Waals surface area contributed by atoms with E-state index in [1.54, 1.807) is 6.08 Å². The number of unbranched alkanes of at least 4 members (excludes halogenated alkanes) is 35. The van der Waals surface area contributed by atoms with Gasteiger partial charge in [-0.3, -0.25) is 13.8 Å². The number of likely N-dealkylation sites (N-methyl/N-ethyl adjacent to an activating group) is 1. The lowest BCUT2D eigenvalue weighted by Crippen LogP contribution is -2.45. The summed E-state index contributed by atoms with van der Waals surface area (Å²) in [7, 11) is 1.56. The Hall–Kier alpha value is -1.28. The molecule has 8 nitrogen and oxygen atoms in total. The van der Waals surface area contributed by atoms with E-state index in [1.807, 2.05) is 27.2 Å². The van der Waals surface area contributed by atoms with E-state index in [-0.39, 0.29) is 19.1 Å². The lowest BCUT2D eigenvalue weighted by atomic mass is 10.0. The smallest absolute Gasteiger partial charge is 0.387 e. The summed E-state index contributed by atoms with van der Waals surface area (Å²) in [5.41, 5.74) is 0. The normalized spacial score (nSPS) is 14.2. The van der Waals surface area contributed by atoms with Crippen molar-refractivity contribution in [2.75, 3.05) is 40.9 Å². The van der Waals surface area contributed by atoms with Crippen LogP contribution in [0.5, 0.6) is 0 Å². The van der Waals surface area contributed by atoms with Crippen LogP contribution in [0.1, 0.15) is 271 Å². The third kappa shape index (κ3) is 50.6. The summed E-state index contributed by atoms with van der Waals surface area (Å²) in [6.45, 7) is 4.80. The zero-order valence-corrected chi connectivity index (χ0v) is 45.3. The van der Waals surface area contributed by atoms with Crippen LogP contribution >= 0.6 is 7.82 Å². The zero-order chi connectivity index (χ0) is 48.5. The van der Waals surface area contributed by atoms with Gasteiger partial charge in [0.25, 0.3) is 0 Å². The fourth-order valence-electron chi connectivity index (χ4n) is 8.35. The first-order valence-corrected chi connectivity index (χ1v) is 29.9. The molecule has 0 aromatic rings. The molecule has 0 radical (unpaired) electrons. The molecule has 3 N–H and O–H groups in total. The van der Waals surface area contributed by atoms with Crippen molar-refractivity contribution in [1.82, 2.24) is 5.32 Å². The summed E-state index contributed by atoms with van der Waals surface area (Å²) in [6, 6.07) is -0.861. The molecule has 0 rings (SSSR count). The molecule has 390 valence electrons. The molecule has 0 aromatic heterocycles. The molecule has 1 amide bonds. The van der Waals surface area contributed by atoms with Gasteiger partial charge in [0.05, 0.1) is 39.9 Å². The molecule has 3 unspecified atom stereocenters. The van der Waals surface area contributed by atoms with E-state index < -0.39 is 20.0 Å². The molecular formula is C57H112N2O6P+. The second-order valence-electron chi connectivity index (χ2n) is 20.7. The molecular weight excluding hydrogens is 840 g/mol. The van der Waals surface area contributed by atoms with Crippen LogP contribution < -0.4 is 5.32 Å². The number of allylic oxidation sites excluding steroid dienone is 5. The van der Waals surface area contributed by atoms with Gasteiger partial charge in [-0.05, 0) is 57.8 Å². The Balaban J connectivity index is 4.01. The van der Waals surface area contributed by atoms with Gasteiger partial charge in [0.15, 0.2) is 0 Å². The number of carbonyl (C=O) groups is 1. The zero-order valence-electron chi connectivity index (χ0n) is 44.4. The molecule has 0 saturated heterocycles. The highest BCUT2D eigenvalue weighted by Crippen LogP contribution is 2.43. The summed E-state index contributed by atoms with van der Waals surface area (Å²) in [5, 5.41) is 13.8. The number of quaternary nitrogens is 1. The van der Waals surface area contributed by atoms with Gasteiger partial charge in [0, 0.05) is 6.42 Å². The van der Waals surface area contributed by atoms with Crippen LogP contribution in [0.25, 0.3) is 0 Å². The number of amides is 1. The van der Waals surface area contributed by atoms with Gasteiger partial charge in [0.2, 0.25) is 5.91 Å². The maximum atomic E-state index is 12.9. The first-order chi connectivity index (χ1) is 32.0. The third-order valence-electron chi connectivity index (χ3n) is 12.8. The van der Waals surface area contributed by atoms with Crippen LogP contribution in [-0.4, -0.2) is 73.4 Å². The Labute approximate surface area is 410 Å². The van der Waals surface area contributed by atoms with E-state index >= 15 is 0 Å². The van der Waals surface area contributed by atoms with Crippen molar-refractivity contribution < 1.29 is 32.9 Å². The van der Waals surface area contributed by atoms with E-state index in [4.69, 9.17) is 9.05 Å². The van der Waals surface area contributed by atoms with Crippen molar-refractivity contribution in [2.24, 2.45) is 0 Å². The van der Waals surface area contributed by atoms with Crippen molar-refractivity contribution in [2.45, 2.75) is 283 Å². The average molecular weight is 953 g/mol. The van der Waals surface area contributed by atoms with Crippen LogP contribution in [0.15, 0.2) is 36.5 Å². The fourth-order valence-corrected chi connectivity index (χ4v) is 9.08. The number of aliphatic hydroxyl groups excluding tert-OH is 1. The largest absolute Gasteiger partial charge is 0.472 e. The van der Waals surface area contributed by atoms with Gasteiger partial charge in [-0.15, -0.1) is 0 Å². The Morgan fingerprint density at radius 3 is 1.21 bits per heavy atom. The monoisotopic (exact) mass is 952 g/mol. The topological polar surface area (TPSA) is 105 Å². The summed E-state index contributed by atoms with van der Waals surface area (Å²) in [4.78, 5) is 23.2. The average Bonchev–Trinajstić information content (AvgIpc) is 3.28. The van der Waals surface area contributed by atoms with Crippen molar-refractivity contribution in [1.29, 1.82) is 0 Å². The fraction of sp³-hybridized carbons (Fsp3) is 0.877. The minimum atomic E-state index is -4.35. The van der Waals surface area contributed by atoms with Crippen molar-refractivity contribution >= 4 is 13.7 Å². The van der Waals surface area contributed by atoms with Gasteiger partial charge < -0.3 is 19.8 Å². The molecule has 3 atom stereocenters. The van der Waals surface area contributed by atoms with Crippen LogP contribution in [0.3, 0.4) is 0 Å². The highest BCUT2D eigenvalue weighted by Gasteiger charge is 2.27. The molecule has 0 aromatic carbocycles. The molecule has 9 heteroatoms. The predicted octanol–water partition coefficient (Wildman–Crippen LogP) is 17.0. The number of hydrogen-bond acceptors (Lipinski definition) is 5. The van der Waals surface area contributed by atoms with Gasteiger partial charge in [-0.25, -0.2) is 4.57 Å². The van der Waals surface area contributed by atoms with Crippen molar-refractivity contribution in [3.63, 3.8) is 0 Å². The number of nitrogens with zero attached hydrogens (tertiary/aromatic N) is 1. The quantitative estimate of drug-likeness (QED) is 0.0243. The number of rotatable bonds is 52. The van der Waals surface area contributed by atoms with Gasteiger partial charge in [0.1, 0.15) is 13.2 Å². The van der Waals surface area contributed by atoms with E-state index in [0.29, 0.717) is 17.4 Å². The lowest BCUT2D eigenvalue weighted by molar-refractivity contribution is -0.870. The minimum absolute atomic E-state index is 0.0571. The standard InChI is InChI=1S/C57H111N2O6P/c1-6-8-10-12-14-16-18-20-21-22-23-24-25-26-27-28-29-30-31-32-33-34-35-36-37-38-39-41-43-45-47-49-51-57(61)58-55(54-65-66(62,63)64-53-52-59(3,4)5)56(60)50-48-46-44-42-40-19-17-15-13-11-9-7-2/h26-27,40,42,48,50,55-56,60H,6-25,28-39,41,43-47,49,51-54H2,1-5H3,(H-,58,61,62,63)/p+1/b27-26-,42-40+,50-48+. The summed E-state index contributed by atoms with van der Waals surface area (Å²) in [6.07, 6.45) is 62.7. The van der Waals surface area contributed by atoms with Crippen molar-refractivity contribution in [3.05, 3.63) is 36.5 Å². The Morgan fingerprint density at radius 1 is 0.500 bits per heavy atom. The second kappa shape index (κ2) is 48.7. The molecule has 0 bridgehead atoms. The van der Waals surface area contributed by atoms with E-state index in [9.17, 15) is 19.4 Å². The molecule has 66 heavy (non-hydrogen) atoms. The number of hydrogen-bond donors (Lipinski definition) is 3. The van der Waals surface area contributed by atoms with E-state index in [0.717, 1.165) is 38.5 Å². The highest BCUT2D eigenvalue weighted by molar-refractivity contribution is 7.47. The maximum absolute atomic E-state index is 12.9. The second-order valence-corrected chi connectivity index (χ2v) is 22.1. The van der Waals surface area contributed by atoms with Gasteiger partial charge in [-0.2, -0.15) is 0 Å². The summed E-state index contributed by atoms with van der Waals surface area (Å²) < 4.78 is 23.6. The molecule has 0 heterocycles. The van der Waals surface area contributed by atoms with Crippen LogP contribution in [-0.2, 0) is 18.4 Å². The van der Waals surface area contributed by atoms with Gasteiger partial charge in [-0.1, -0.05) is 243 Å². The Morgan fingerprint density at radius 2 is 0.833 bits per heavy atom. The Bertz CT molecular complexity index is 1170. The molecule has 0 aliphatic carbocycles. The number of phosphoric ester groups is 1. The molecule has 0 aliphatic rings. The lowest BCUT2D eigenvalue weighted by Gasteiger charge is -2.25. The first kappa shape index (κ1) is 64.7. The SMILES string of the molecule is CCCCCCCC/C=C/CC/C=C/C(O)C(COP(=O)(O)OCC[N+](C)(C)C)NC(=O)CCCCCCCCCCCCCCCCCC/C=C\CCCCCCCCCCCCCC. The summed E-state index contributed by atoms with van der Waals surface area (Å²) in [5.74, 6) is -0.185. The molecule has 0 aliphatic heterocycles. The van der Waals surface area contributed by atoms with E-state index in [1.165, 1.54) is 212 Å². The maximum Gasteiger partial charge on any atom is 0.472 e. The van der Waals surface area contributed by atoms with Crippen molar-refractivity contribution in [3.8, 4) is 0 Å². The minimum Gasteiger partial charge on any atom is -0.387 e. The third-order valence-corrected chi connectivity index (χ3v) is 13.8. The highest BCUT2D eigenvalue weighted by atomic mass is 31.2.